The summed E-state index contributed by atoms with van der Waals surface area (Å²) in [6.07, 6.45) is 22.4. The van der Waals surface area contributed by atoms with Crippen LogP contribution in [-0.2, 0) is 54.5 Å². The van der Waals surface area contributed by atoms with E-state index < -0.39 is 11.2 Å². The predicted octanol–water partition coefficient (Wildman–Crippen LogP) is 12.9. The SMILES string of the molecule is C=CC(=O)Cl.C=CC(=O)N1CCCc2cc(C(=O)N3CC[C@@H](Cc4ncc5ccccc5n4)C3)ccc21.Cl.O=C(O)c1ccc2c(c1)CCCC2.O=C(c1ccc2c(c1)CCCN2)N1CC[C@@H](Cc2ncc3ccccc3n2)C1.c1ccc2nc(C[C@@H]3CCNC3)ncc2c1. The summed E-state index contributed by atoms with van der Waals surface area (Å²) < 4.78 is 0. The van der Waals surface area contributed by atoms with Gasteiger partial charge in [0.15, 0.2) is 0 Å². The third kappa shape index (κ3) is 18.1. The Balaban J connectivity index is 0.000000141. The average molecular weight is 1320 g/mol. The van der Waals surface area contributed by atoms with Gasteiger partial charge in [-0.25, -0.2) is 34.7 Å². The van der Waals surface area contributed by atoms with Crippen molar-refractivity contribution < 1.29 is 29.1 Å². The number of carbonyl (C=O) groups excluding carboxylic acids is 4. The van der Waals surface area contributed by atoms with Crippen LogP contribution in [0.25, 0.3) is 32.7 Å². The number of benzene rings is 6. The van der Waals surface area contributed by atoms with Gasteiger partial charge in [0, 0.05) is 116 Å². The van der Waals surface area contributed by atoms with E-state index in [1.807, 2.05) is 132 Å². The summed E-state index contributed by atoms with van der Waals surface area (Å²) >= 11 is 4.71. The molecule has 6 aromatic carbocycles. The number of fused-ring (bicyclic) bond motifs is 6. The molecule has 8 heterocycles. The molecule has 3 saturated heterocycles. The molecule has 3 fully saturated rings. The van der Waals surface area contributed by atoms with Gasteiger partial charge in [-0.2, -0.15) is 0 Å². The van der Waals surface area contributed by atoms with E-state index >= 15 is 0 Å². The van der Waals surface area contributed by atoms with Crippen molar-refractivity contribution in [2.75, 3.05) is 62.6 Å². The molecule has 3 aromatic heterocycles. The number of halogens is 2. The van der Waals surface area contributed by atoms with Crippen LogP contribution < -0.4 is 15.5 Å². The van der Waals surface area contributed by atoms with Crippen LogP contribution in [-0.4, -0.2) is 126 Å². The number of aromatic carboxylic acids is 1. The van der Waals surface area contributed by atoms with E-state index in [0.717, 1.165) is 183 Å². The number of amides is 3. The van der Waals surface area contributed by atoms with Crippen molar-refractivity contribution in [3.05, 3.63) is 228 Å². The van der Waals surface area contributed by atoms with Crippen molar-refractivity contribution in [2.45, 2.75) is 89.9 Å². The number of anilines is 2. The van der Waals surface area contributed by atoms with E-state index in [1.54, 1.807) is 11.0 Å². The van der Waals surface area contributed by atoms with Gasteiger partial charge in [-0.05, 0) is 214 Å². The maximum absolute atomic E-state index is 13.2. The fraction of sp³-hybridized carbons (Fsp3) is 0.329. The Morgan fingerprint density at radius 2 is 1.01 bits per heavy atom. The lowest BCUT2D eigenvalue weighted by Gasteiger charge is -2.29. The molecule has 6 aliphatic rings. The third-order valence-electron chi connectivity index (χ3n) is 18.3. The number of carbonyl (C=O) groups is 5. The second kappa shape index (κ2) is 33.2. The van der Waals surface area contributed by atoms with Crippen LogP contribution in [0.5, 0.6) is 0 Å². The summed E-state index contributed by atoms with van der Waals surface area (Å²) in [5.41, 5.74) is 11.9. The van der Waals surface area contributed by atoms with Crippen LogP contribution in [0.2, 0.25) is 0 Å². The molecule has 5 aliphatic heterocycles. The van der Waals surface area contributed by atoms with E-state index in [2.05, 4.69) is 66.9 Å². The van der Waals surface area contributed by atoms with E-state index in [1.165, 1.54) is 47.7 Å². The first-order valence-corrected chi connectivity index (χ1v) is 33.2. The number of allylic oxidation sites excluding steroid dienone is 1. The number of likely N-dealkylation sites (tertiary alicyclic amines) is 2. The van der Waals surface area contributed by atoms with Crippen molar-refractivity contribution in [1.82, 2.24) is 45.0 Å². The number of aryl methyl sites for hydroxylation is 4. The zero-order valence-electron chi connectivity index (χ0n) is 53.5. The minimum Gasteiger partial charge on any atom is -0.478 e. The van der Waals surface area contributed by atoms with Crippen LogP contribution >= 0.6 is 24.0 Å². The Labute approximate surface area is 566 Å². The molecule has 0 unspecified atom stereocenters. The molecule has 15 rings (SSSR count). The number of nitrogens with one attached hydrogen (secondary N) is 2. The molecular formula is C76H81Cl2N11O6. The largest absolute Gasteiger partial charge is 0.478 e. The molecule has 3 amide bonds. The van der Waals surface area contributed by atoms with Crippen molar-refractivity contribution in [3.63, 3.8) is 0 Å². The molecule has 0 saturated carbocycles. The highest BCUT2D eigenvalue weighted by molar-refractivity contribution is 6.66. The van der Waals surface area contributed by atoms with Crippen LogP contribution in [0.3, 0.4) is 0 Å². The monoisotopic (exact) mass is 1310 g/mol. The maximum Gasteiger partial charge on any atom is 0.335 e. The van der Waals surface area contributed by atoms with Crippen molar-refractivity contribution in [1.29, 1.82) is 0 Å². The van der Waals surface area contributed by atoms with E-state index in [4.69, 9.17) is 21.7 Å². The molecular weight excluding hydrogens is 1230 g/mol. The quantitative estimate of drug-likeness (QED) is 0.0811. The van der Waals surface area contributed by atoms with Crippen LogP contribution in [0.15, 0.2) is 171 Å². The molecule has 9 aromatic rings. The number of para-hydroxylation sites is 3. The molecule has 0 bridgehead atoms. The number of carboxylic acids is 1. The van der Waals surface area contributed by atoms with Gasteiger partial charge in [0.25, 0.3) is 11.8 Å². The molecule has 3 atom stereocenters. The highest BCUT2D eigenvalue weighted by Crippen LogP contribution is 2.32. The van der Waals surface area contributed by atoms with E-state index in [-0.39, 0.29) is 30.1 Å². The number of rotatable bonds is 11. The molecule has 1 aliphatic carbocycles. The molecule has 490 valence electrons. The van der Waals surface area contributed by atoms with Gasteiger partial charge in [0.05, 0.1) is 22.1 Å². The number of aromatic nitrogens is 6. The standard InChI is InChI=1S/C26H26N4O2.C23H24N4O.C13H15N3.C11H12O2.C3H3ClO.ClH/c1-2-25(31)30-12-5-7-19-15-20(9-10-23(19)30)26(32)29-13-11-18(17-29)14-24-27-16-21-6-3-4-8-22(21)28-24;28-23(18-7-8-20-17(13-18)5-3-10-24-20)27-11-9-16(15-27)12-22-25-14-19-4-1-2-6-21(19)26-22;1-2-4-12-11(3-1)9-15-13(16-12)7-10-5-6-14-8-10;12-11(13)10-6-5-8-3-1-2-4-9(8)7-10;1-2-3(4)5;/h2-4,6,8-10,15-16,18H,1,5,7,11-14,17H2;1-2,4,6-8,13-14,16,24H,3,5,9-12,15H2;1-4,9-10,14H,5-8H2;5-7H,1-4H2,(H,12,13);2H,1H2;1H/t18-;16-;10-;;;/m000.../s1. The smallest absolute Gasteiger partial charge is 0.335 e. The summed E-state index contributed by atoms with van der Waals surface area (Å²) in [7, 11) is 0. The van der Waals surface area contributed by atoms with Gasteiger partial charge in [-0.1, -0.05) is 73.8 Å². The fourth-order valence-electron chi connectivity index (χ4n) is 13.3. The molecule has 3 N–H and O–H groups in total. The zero-order chi connectivity index (χ0) is 65.3. The number of hydrogen-bond donors (Lipinski definition) is 3. The van der Waals surface area contributed by atoms with Crippen molar-refractivity contribution >= 4 is 97.0 Å². The van der Waals surface area contributed by atoms with Crippen LogP contribution in [0.1, 0.15) is 116 Å². The van der Waals surface area contributed by atoms with Gasteiger partial charge in [-0.3, -0.25) is 19.2 Å². The number of nitrogens with zero attached hydrogens (tertiary/aromatic N) is 9. The average Bonchev–Trinajstić information content (AvgIpc) is 1.90. The Morgan fingerprint density at radius 1 is 0.526 bits per heavy atom. The summed E-state index contributed by atoms with van der Waals surface area (Å²) in [4.78, 5) is 91.6. The first kappa shape index (κ1) is 68.6. The van der Waals surface area contributed by atoms with Crippen LogP contribution in [0, 0.1) is 17.8 Å². The molecule has 0 spiro atoms. The molecule has 19 heteroatoms. The van der Waals surface area contributed by atoms with Gasteiger partial charge < -0.3 is 30.4 Å². The van der Waals surface area contributed by atoms with Crippen LogP contribution in [0.4, 0.5) is 11.4 Å². The summed E-state index contributed by atoms with van der Waals surface area (Å²) in [5.74, 6) is 3.46. The van der Waals surface area contributed by atoms with Gasteiger partial charge in [0.1, 0.15) is 17.5 Å². The minimum atomic E-state index is -0.826. The highest BCUT2D eigenvalue weighted by atomic mass is 35.5. The summed E-state index contributed by atoms with van der Waals surface area (Å²) in [6.45, 7) is 13.7. The Bertz CT molecular complexity index is 4240. The maximum atomic E-state index is 13.2. The second-order valence-electron chi connectivity index (χ2n) is 24.9. The first-order valence-electron chi connectivity index (χ1n) is 32.9. The zero-order valence-corrected chi connectivity index (χ0v) is 55.1. The Kier molecular flexibility index (Phi) is 24.0. The van der Waals surface area contributed by atoms with E-state index in [0.29, 0.717) is 42.0 Å². The molecule has 17 nitrogen and oxygen atoms in total. The first-order chi connectivity index (χ1) is 45.8. The minimum absolute atomic E-state index is 0. The van der Waals surface area contributed by atoms with Gasteiger partial charge in [-0.15, -0.1) is 12.4 Å². The lowest BCUT2D eigenvalue weighted by atomic mass is 9.90. The van der Waals surface area contributed by atoms with Gasteiger partial charge in [0.2, 0.25) is 11.1 Å². The van der Waals surface area contributed by atoms with Crippen molar-refractivity contribution in [3.8, 4) is 0 Å². The fourth-order valence-corrected chi connectivity index (χ4v) is 13.3. The topological polar surface area (TPSA) is 217 Å². The third-order valence-corrected chi connectivity index (χ3v) is 18.4. The van der Waals surface area contributed by atoms with Gasteiger partial charge >= 0.3 is 5.97 Å². The number of carboxylic acid groups (broad SMARTS) is 1. The number of hydrogen-bond acceptors (Lipinski definition) is 13. The summed E-state index contributed by atoms with van der Waals surface area (Å²) in [6, 6.07) is 41.5. The highest BCUT2D eigenvalue weighted by Gasteiger charge is 2.31. The Morgan fingerprint density at radius 3 is 1.54 bits per heavy atom. The molecule has 0 radical (unpaired) electrons. The van der Waals surface area contributed by atoms with E-state index in [9.17, 15) is 24.0 Å². The molecule has 95 heavy (non-hydrogen) atoms. The predicted molar refractivity (Wildman–Crippen MR) is 378 cm³/mol. The lowest BCUT2D eigenvalue weighted by Crippen LogP contribution is -2.34. The second-order valence-corrected chi connectivity index (χ2v) is 25.2. The summed E-state index contributed by atoms with van der Waals surface area (Å²) in [5, 5.41) is 18.3. The lowest BCUT2D eigenvalue weighted by molar-refractivity contribution is -0.114. The van der Waals surface area contributed by atoms with Crippen molar-refractivity contribution in [2.24, 2.45) is 17.8 Å². The normalized spacial score (nSPS) is 17.4. The Hall–Kier alpha value is -9.29.